The molecule has 0 radical (unpaired) electrons. The zero-order chi connectivity index (χ0) is 21.1. The fourth-order valence-corrected chi connectivity index (χ4v) is 3.10. The highest BCUT2D eigenvalue weighted by Crippen LogP contribution is 2.38. The summed E-state index contributed by atoms with van der Waals surface area (Å²) in [7, 11) is 4.77. The molecule has 0 saturated heterocycles. The van der Waals surface area contributed by atoms with Crippen LogP contribution in [0.5, 0.6) is 17.2 Å². The zero-order valence-corrected chi connectivity index (χ0v) is 17.7. The summed E-state index contributed by atoms with van der Waals surface area (Å²) in [5, 5.41) is 3.01. The van der Waals surface area contributed by atoms with Crippen molar-refractivity contribution in [3.8, 4) is 17.2 Å². The second-order valence-electron chi connectivity index (χ2n) is 6.55. The van der Waals surface area contributed by atoms with Crippen molar-refractivity contribution in [2.75, 3.05) is 41.0 Å². The second-order valence-corrected chi connectivity index (χ2v) is 6.55. The molecule has 0 unspecified atom stereocenters. The standard InChI is InChI=1S/C22H31N3O4/c1-5-25(22(26)24-11-6-7-17-8-12-23-13-9-17)14-10-18-15-19(27-2)21(29-4)20(16-18)28-3/h8-9,12-13,15-16H,5-7,10-11,14H2,1-4H3,(H,24,26). The highest BCUT2D eigenvalue weighted by atomic mass is 16.5. The Balaban J connectivity index is 1.86. The topological polar surface area (TPSA) is 72.9 Å². The van der Waals surface area contributed by atoms with Gasteiger partial charge >= 0.3 is 6.03 Å². The first kappa shape index (κ1) is 22.3. The van der Waals surface area contributed by atoms with E-state index in [0.29, 0.717) is 43.3 Å². The van der Waals surface area contributed by atoms with Gasteiger partial charge < -0.3 is 24.4 Å². The minimum absolute atomic E-state index is 0.0466. The van der Waals surface area contributed by atoms with Gasteiger partial charge in [0.2, 0.25) is 5.75 Å². The van der Waals surface area contributed by atoms with Crippen molar-refractivity contribution < 1.29 is 19.0 Å². The molecule has 0 fully saturated rings. The number of carbonyl (C=O) groups excluding carboxylic acids is 1. The van der Waals surface area contributed by atoms with Crippen molar-refractivity contribution in [1.29, 1.82) is 0 Å². The van der Waals surface area contributed by atoms with Crippen molar-refractivity contribution >= 4 is 6.03 Å². The summed E-state index contributed by atoms with van der Waals surface area (Å²) < 4.78 is 16.2. The van der Waals surface area contributed by atoms with Gasteiger partial charge in [-0.25, -0.2) is 4.79 Å². The third kappa shape index (κ3) is 6.55. The van der Waals surface area contributed by atoms with E-state index >= 15 is 0 Å². The largest absolute Gasteiger partial charge is 0.493 e. The molecule has 2 amide bonds. The predicted molar refractivity (Wildman–Crippen MR) is 113 cm³/mol. The number of carbonyl (C=O) groups is 1. The Morgan fingerprint density at radius 3 is 2.21 bits per heavy atom. The minimum Gasteiger partial charge on any atom is -0.493 e. The summed E-state index contributed by atoms with van der Waals surface area (Å²) in [6, 6.07) is 7.79. The number of amides is 2. The van der Waals surface area contributed by atoms with Crippen LogP contribution in [0.3, 0.4) is 0 Å². The van der Waals surface area contributed by atoms with Crippen molar-refractivity contribution in [1.82, 2.24) is 15.2 Å². The molecular weight excluding hydrogens is 370 g/mol. The average Bonchev–Trinajstić information content (AvgIpc) is 2.77. The van der Waals surface area contributed by atoms with E-state index < -0.39 is 0 Å². The summed E-state index contributed by atoms with van der Waals surface area (Å²) in [6.45, 7) is 3.86. The van der Waals surface area contributed by atoms with Crippen LogP contribution in [0.2, 0.25) is 0 Å². The quantitative estimate of drug-likeness (QED) is 0.585. The lowest BCUT2D eigenvalue weighted by Gasteiger charge is -2.22. The number of urea groups is 1. The Bertz CT molecular complexity index is 743. The molecule has 29 heavy (non-hydrogen) atoms. The number of methoxy groups -OCH3 is 3. The molecule has 7 nitrogen and oxygen atoms in total. The molecule has 0 atom stereocenters. The number of likely N-dealkylation sites (N-methyl/N-ethyl adjacent to an activating group) is 1. The number of nitrogens with one attached hydrogen (secondary N) is 1. The van der Waals surface area contributed by atoms with Crippen LogP contribution < -0.4 is 19.5 Å². The number of ether oxygens (including phenoxy) is 3. The van der Waals surface area contributed by atoms with Gasteiger partial charge in [-0.2, -0.15) is 0 Å². The number of hydrogen-bond acceptors (Lipinski definition) is 5. The molecule has 1 aromatic heterocycles. The Morgan fingerprint density at radius 2 is 1.66 bits per heavy atom. The van der Waals surface area contributed by atoms with Crippen LogP contribution >= 0.6 is 0 Å². The lowest BCUT2D eigenvalue weighted by molar-refractivity contribution is 0.201. The van der Waals surface area contributed by atoms with Gasteiger partial charge in [0.1, 0.15) is 0 Å². The number of hydrogen-bond donors (Lipinski definition) is 1. The maximum absolute atomic E-state index is 12.5. The third-order valence-corrected chi connectivity index (χ3v) is 4.73. The first-order valence-electron chi connectivity index (χ1n) is 9.83. The SMILES string of the molecule is CCN(CCc1cc(OC)c(OC)c(OC)c1)C(=O)NCCCc1ccncc1. The van der Waals surface area contributed by atoms with E-state index in [1.165, 1.54) is 5.56 Å². The summed E-state index contributed by atoms with van der Waals surface area (Å²) in [5.74, 6) is 1.80. The van der Waals surface area contributed by atoms with Gasteiger partial charge in [-0.1, -0.05) is 0 Å². The van der Waals surface area contributed by atoms with Gasteiger partial charge in [-0.05, 0) is 61.6 Å². The molecule has 0 bridgehead atoms. The highest BCUT2D eigenvalue weighted by molar-refractivity contribution is 5.74. The van der Waals surface area contributed by atoms with Gasteiger partial charge in [0.25, 0.3) is 0 Å². The normalized spacial score (nSPS) is 10.3. The van der Waals surface area contributed by atoms with Crippen LogP contribution in [0.4, 0.5) is 4.79 Å². The van der Waals surface area contributed by atoms with Gasteiger partial charge in [-0.3, -0.25) is 4.98 Å². The van der Waals surface area contributed by atoms with Crippen molar-refractivity contribution in [2.24, 2.45) is 0 Å². The van der Waals surface area contributed by atoms with Crippen LogP contribution in [0.1, 0.15) is 24.5 Å². The van der Waals surface area contributed by atoms with Crippen LogP contribution in [0.15, 0.2) is 36.7 Å². The number of rotatable bonds is 11. The predicted octanol–water partition coefficient (Wildman–Crippen LogP) is 3.31. The van der Waals surface area contributed by atoms with E-state index in [1.807, 2.05) is 31.2 Å². The van der Waals surface area contributed by atoms with Crippen molar-refractivity contribution in [3.05, 3.63) is 47.8 Å². The van der Waals surface area contributed by atoms with Gasteiger partial charge in [0.15, 0.2) is 11.5 Å². The van der Waals surface area contributed by atoms with E-state index in [1.54, 1.807) is 38.6 Å². The molecule has 1 aromatic carbocycles. The van der Waals surface area contributed by atoms with Crippen molar-refractivity contribution in [3.63, 3.8) is 0 Å². The number of nitrogens with zero attached hydrogens (tertiary/aromatic N) is 2. The van der Waals surface area contributed by atoms with Crippen LogP contribution in [-0.2, 0) is 12.8 Å². The first-order chi connectivity index (χ1) is 14.1. The zero-order valence-electron chi connectivity index (χ0n) is 17.7. The van der Waals surface area contributed by atoms with Crippen molar-refractivity contribution in [2.45, 2.75) is 26.2 Å². The first-order valence-corrected chi connectivity index (χ1v) is 9.83. The number of pyridine rings is 1. The average molecular weight is 402 g/mol. The Kier molecular flexibility index (Phi) is 9.08. The summed E-state index contributed by atoms with van der Waals surface area (Å²) >= 11 is 0. The Labute approximate surface area is 173 Å². The summed E-state index contributed by atoms with van der Waals surface area (Å²) in [5.41, 5.74) is 2.24. The minimum atomic E-state index is -0.0466. The van der Waals surface area contributed by atoms with Gasteiger partial charge in [-0.15, -0.1) is 0 Å². The van der Waals surface area contributed by atoms with E-state index in [0.717, 1.165) is 18.4 Å². The molecule has 0 aliphatic rings. The molecule has 2 aromatic rings. The second kappa shape index (κ2) is 11.8. The Morgan fingerprint density at radius 1 is 1.00 bits per heavy atom. The fourth-order valence-electron chi connectivity index (χ4n) is 3.10. The fraction of sp³-hybridized carbons (Fsp3) is 0.455. The van der Waals surface area contributed by atoms with E-state index in [-0.39, 0.29) is 6.03 Å². The number of benzene rings is 1. The van der Waals surface area contributed by atoms with Gasteiger partial charge in [0.05, 0.1) is 21.3 Å². The van der Waals surface area contributed by atoms with E-state index in [2.05, 4.69) is 10.3 Å². The molecule has 0 aliphatic heterocycles. The molecule has 0 saturated carbocycles. The van der Waals surface area contributed by atoms with E-state index in [9.17, 15) is 4.79 Å². The number of aromatic nitrogens is 1. The Hall–Kier alpha value is -2.96. The van der Waals surface area contributed by atoms with Crippen LogP contribution in [0.25, 0.3) is 0 Å². The third-order valence-electron chi connectivity index (χ3n) is 4.73. The maximum Gasteiger partial charge on any atom is 0.317 e. The maximum atomic E-state index is 12.5. The van der Waals surface area contributed by atoms with Crippen LogP contribution in [-0.4, -0.2) is 56.9 Å². The summed E-state index contributed by atoms with van der Waals surface area (Å²) in [6.07, 6.45) is 6.07. The molecule has 158 valence electrons. The lowest BCUT2D eigenvalue weighted by atomic mass is 10.1. The molecule has 1 N–H and O–H groups in total. The smallest absolute Gasteiger partial charge is 0.317 e. The lowest BCUT2D eigenvalue weighted by Crippen LogP contribution is -2.41. The molecule has 7 heteroatoms. The number of aryl methyl sites for hydroxylation is 1. The van der Waals surface area contributed by atoms with Crippen LogP contribution in [0, 0.1) is 0 Å². The molecule has 0 spiro atoms. The van der Waals surface area contributed by atoms with Gasteiger partial charge in [0, 0.05) is 32.0 Å². The molecule has 1 heterocycles. The highest BCUT2D eigenvalue weighted by Gasteiger charge is 2.15. The molecular formula is C22H31N3O4. The molecule has 2 rings (SSSR count). The summed E-state index contributed by atoms with van der Waals surface area (Å²) in [4.78, 5) is 18.3. The van der Waals surface area contributed by atoms with E-state index in [4.69, 9.17) is 14.2 Å². The molecule has 0 aliphatic carbocycles. The monoisotopic (exact) mass is 401 g/mol.